The summed E-state index contributed by atoms with van der Waals surface area (Å²) in [6.45, 7) is 0. The topological polar surface area (TPSA) is 20.3 Å². The number of aryl methyl sites for hydroxylation is 1. The number of fused-ring (bicyclic) bond motifs is 1. The third-order valence-electron chi connectivity index (χ3n) is 2.54. The molecule has 4 heteroatoms. The third kappa shape index (κ3) is 2.29. The van der Waals surface area contributed by atoms with Crippen LogP contribution < -0.4 is 4.90 Å². The van der Waals surface area contributed by atoms with Gasteiger partial charge in [0, 0.05) is 17.6 Å². The van der Waals surface area contributed by atoms with Crippen LogP contribution in [0.3, 0.4) is 0 Å². The van der Waals surface area contributed by atoms with Crippen LogP contribution in [-0.2, 0) is 6.42 Å². The first-order valence-electron chi connectivity index (χ1n) is 4.87. The van der Waals surface area contributed by atoms with Gasteiger partial charge in [0.15, 0.2) is 0 Å². The minimum absolute atomic E-state index is 0.446. The molecule has 0 fully saturated rings. The summed E-state index contributed by atoms with van der Waals surface area (Å²) in [5, 5.41) is -0.446. The van der Waals surface area contributed by atoms with Crippen LogP contribution in [-0.4, -0.2) is 18.2 Å². The Kier molecular flexibility index (Phi) is 3.22. The molecule has 1 aliphatic heterocycles. The maximum atomic E-state index is 11.0. The van der Waals surface area contributed by atoms with Crippen LogP contribution in [0.25, 0.3) is 0 Å². The van der Waals surface area contributed by atoms with E-state index >= 15 is 0 Å². The monoisotopic (exact) mass is 241 g/mol. The SMILES string of the molecule is CN(C(=O)Cl)c1ccc2c(c1)CCCS2. The fourth-order valence-electron chi connectivity index (χ4n) is 1.66. The first-order chi connectivity index (χ1) is 7.18. The molecule has 0 bridgehead atoms. The van der Waals surface area contributed by atoms with E-state index in [-0.39, 0.29) is 0 Å². The van der Waals surface area contributed by atoms with Crippen molar-refractivity contribution in [3.05, 3.63) is 23.8 Å². The van der Waals surface area contributed by atoms with Gasteiger partial charge in [-0.3, -0.25) is 4.79 Å². The number of hydrogen-bond donors (Lipinski definition) is 0. The van der Waals surface area contributed by atoms with E-state index in [2.05, 4.69) is 12.1 Å². The average Bonchev–Trinajstić information content (AvgIpc) is 2.27. The lowest BCUT2D eigenvalue weighted by Gasteiger charge is -2.19. The summed E-state index contributed by atoms with van der Waals surface area (Å²) in [5.74, 6) is 1.19. The maximum Gasteiger partial charge on any atom is 0.320 e. The lowest BCUT2D eigenvalue weighted by molar-refractivity contribution is 0.265. The van der Waals surface area contributed by atoms with Gasteiger partial charge in [0.25, 0.3) is 0 Å². The van der Waals surface area contributed by atoms with Crippen molar-refractivity contribution in [3.63, 3.8) is 0 Å². The molecule has 1 heterocycles. The molecule has 1 aromatic rings. The fourth-order valence-corrected chi connectivity index (χ4v) is 2.77. The van der Waals surface area contributed by atoms with Crippen molar-refractivity contribution < 1.29 is 4.79 Å². The highest BCUT2D eigenvalue weighted by Crippen LogP contribution is 2.32. The van der Waals surface area contributed by atoms with Crippen molar-refractivity contribution in [3.8, 4) is 0 Å². The van der Waals surface area contributed by atoms with Gasteiger partial charge in [-0.05, 0) is 54.0 Å². The number of benzene rings is 1. The molecule has 15 heavy (non-hydrogen) atoms. The molecule has 0 radical (unpaired) electrons. The highest BCUT2D eigenvalue weighted by molar-refractivity contribution is 7.99. The van der Waals surface area contributed by atoms with E-state index in [0.717, 1.165) is 12.1 Å². The first kappa shape index (κ1) is 10.8. The van der Waals surface area contributed by atoms with Gasteiger partial charge in [0.2, 0.25) is 0 Å². The predicted octanol–water partition coefficient (Wildman–Crippen LogP) is 3.52. The second-order valence-corrected chi connectivity index (χ2v) is 5.02. The number of carbonyl (C=O) groups excluding carboxylic acids is 1. The van der Waals surface area contributed by atoms with Crippen molar-refractivity contribution >= 4 is 34.4 Å². The number of hydrogen-bond acceptors (Lipinski definition) is 2. The Balaban J connectivity index is 2.31. The van der Waals surface area contributed by atoms with E-state index < -0.39 is 5.37 Å². The molecule has 1 aliphatic rings. The molecule has 0 saturated carbocycles. The normalized spacial score (nSPS) is 14.5. The maximum absolute atomic E-state index is 11.0. The summed E-state index contributed by atoms with van der Waals surface area (Å²) >= 11 is 7.31. The van der Waals surface area contributed by atoms with Crippen molar-refractivity contribution in [2.75, 3.05) is 17.7 Å². The predicted molar refractivity (Wildman–Crippen MR) is 65.1 cm³/mol. The summed E-state index contributed by atoms with van der Waals surface area (Å²) in [6.07, 6.45) is 2.31. The summed E-state index contributed by atoms with van der Waals surface area (Å²) in [5.41, 5.74) is 2.20. The van der Waals surface area contributed by atoms with Crippen LogP contribution in [0.2, 0.25) is 0 Å². The summed E-state index contributed by atoms with van der Waals surface area (Å²) in [4.78, 5) is 13.8. The van der Waals surface area contributed by atoms with Gasteiger partial charge < -0.3 is 4.90 Å². The number of carbonyl (C=O) groups is 1. The van der Waals surface area contributed by atoms with Gasteiger partial charge in [-0.2, -0.15) is 0 Å². The van der Waals surface area contributed by atoms with Crippen LogP contribution in [0.1, 0.15) is 12.0 Å². The van der Waals surface area contributed by atoms with E-state index in [4.69, 9.17) is 11.6 Å². The minimum atomic E-state index is -0.446. The van der Waals surface area contributed by atoms with Gasteiger partial charge >= 0.3 is 5.37 Å². The molecule has 0 N–H and O–H groups in total. The van der Waals surface area contributed by atoms with Crippen LogP contribution in [0.15, 0.2) is 23.1 Å². The average molecular weight is 242 g/mol. The molecule has 0 unspecified atom stereocenters. The van der Waals surface area contributed by atoms with Gasteiger partial charge in [0.1, 0.15) is 0 Å². The molecule has 2 rings (SSSR count). The molecular weight excluding hydrogens is 230 g/mol. The van der Waals surface area contributed by atoms with Crippen LogP contribution in [0.4, 0.5) is 10.5 Å². The fraction of sp³-hybridized carbons (Fsp3) is 0.364. The van der Waals surface area contributed by atoms with Gasteiger partial charge in [-0.15, -0.1) is 11.8 Å². The van der Waals surface area contributed by atoms with Crippen LogP contribution in [0.5, 0.6) is 0 Å². The van der Waals surface area contributed by atoms with E-state index in [1.54, 1.807) is 7.05 Å². The zero-order chi connectivity index (χ0) is 10.8. The summed E-state index contributed by atoms with van der Waals surface area (Å²) < 4.78 is 0. The molecular formula is C11H12ClNOS. The van der Waals surface area contributed by atoms with Crippen molar-refractivity contribution in [1.29, 1.82) is 0 Å². The molecule has 80 valence electrons. The Morgan fingerprint density at radius 1 is 1.53 bits per heavy atom. The number of rotatable bonds is 1. The van der Waals surface area contributed by atoms with Gasteiger partial charge in [0.05, 0.1) is 0 Å². The molecule has 0 aromatic heterocycles. The summed E-state index contributed by atoms with van der Waals surface area (Å²) in [7, 11) is 1.69. The van der Waals surface area contributed by atoms with Crippen molar-refractivity contribution in [1.82, 2.24) is 0 Å². The van der Waals surface area contributed by atoms with Crippen molar-refractivity contribution in [2.24, 2.45) is 0 Å². The largest absolute Gasteiger partial charge is 0.320 e. The van der Waals surface area contributed by atoms with E-state index in [1.165, 1.54) is 27.5 Å². The summed E-state index contributed by atoms with van der Waals surface area (Å²) in [6, 6.07) is 6.07. The Morgan fingerprint density at radius 3 is 3.07 bits per heavy atom. The molecule has 0 atom stereocenters. The smallest absolute Gasteiger partial charge is 0.302 e. The number of nitrogens with zero attached hydrogens (tertiary/aromatic N) is 1. The molecule has 1 amide bonds. The zero-order valence-electron chi connectivity index (χ0n) is 8.50. The van der Waals surface area contributed by atoms with Gasteiger partial charge in [-0.1, -0.05) is 0 Å². The molecule has 1 aromatic carbocycles. The number of amides is 1. The molecule has 0 saturated heterocycles. The molecule has 0 spiro atoms. The first-order valence-corrected chi connectivity index (χ1v) is 6.24. The highest BCUT2D eigenvalue weighted by atomic mass is 35.5. The quantitative estimate of drug-likeness (QED) is 0.554. The van der Waals surface area contributed by atoms with Crippen molar-refractivity contribution in [2.45, 2.75) is 17.7 Å². The highest BCUT2D eigenvalue weighted by Gasteiger charge is 2.13. The number of anilines is 1. The molecule has 0 aliphatic carbocycles. The van der Waals surface area contributed by atoms with E-state index in [9.17, 15) is 4.79 Å². The van der Waals surface area contributed by atoms with E-state index in [0.29, 0.717) is 0 Å². The van der Waals surface area contributed by atoms with Crippen LogP contribution in [0, 0.1) is 0 Å². The van der Waals surface area contributed by atoms with E-state index in [1.807, 2.05) is 17.8 Å². The minimum Gasteiger partial charge on any atom is -0.302 e. The zero-order valence-corrected chi connectivity index (χ0v) is 10.1. The number of thioether (sulfide) groups is 1. The van der Waals surface area contributed by atoms with Gasteiger partial charge in [-0.25, -0.2) is 0 Å². The second kappa shape index (κ2) is 4.45. The van der Waals surface area contributed by atoms with Crippen LogP contribution >= 0.6 is 23.4 Å². The lowest BCUT2D eigenvalue weighted by atomic mass is 10.1. The molecule has 2 nitrogen and oxygen atoms in total. The third-order valence-corrected chi connectivity index (χ3v) is 4.00. The Labute approximate surface area is 98.6 Å². The standard InChI is InChI=1S/C11H12ClNOS/c1-13(11(12)14)9-4-5-10-8(7-9)3-2-6-15-10/h4-5,7H,2-3,6H2,1H3. The Bertz CT molecular complexity index is 394. The Hall–Kier alpha value is -0.670. The number of halogens is 1. The Morgan fingerprint density at radius 2 is 2.33 bits per heavy atom. The second-order valence-electron chi connectivity index (χ2n) is 3.56. The lowest BCUT2D eigenvalue weighted by Crippen LogP contribution is -2.19.